The van der Waals surface area contributed by atoms with Crippen molar-refractivity contribution in [3.05, 3.63) is 22.7 Å². The largest absolute Gasteiger partial charge is 0.349 e. The van der Waals surface area contributed by atoms with Gasteiger partial charge in [-0.2, -0.15) is 8.42 Å². The van der Waals surface area contributed by atoms with E-state index in [1.165, 1.54) is 12.5 Å². The zero-order valence-electron chi connectivity index (χ0n) is 16.1. The number of hydrogen-bond acceptors (Lipinski definition) is 4. The minimum Gasteiger partial charge on any atom is -0.349 e. The van der Waals surface area contributed by atoms with Crippen LogP contribution in [0.1, 0.15) is 68.6 Å². The molecule has 0 unspecified atom stereocenters. The second-order valence-corrected chi connectivity index (χ2v) is 10.1. The Labute approximate surface area is 171 Å². The maximum atomic E-state index is 12.9. The summed E-state index contributed by atoms with van der Waals surface area (Å²) in [7, 11) is -3.84. The lowest BCUT2D eigenvalue weighted by molar-refractivity contribution is 0.0910. The van der Waals surface area contributed by atoms with Gasteiger partial charge in [0.25, 0.3) is 15.9 Å². The number of hydrogen-bond donors (Lipinski definition) is 1. The van der Waals surface area contributed by atoms with Gasteiger partial charge in [0.2, 0.25) is 0 Å². The van der Waals surface area contributed by atoms with Crippen LogP contribution in [0.2, 0.25) is 5.02 Å². The molecule has 152 valence electrons. The number of carbonyl (C=O) groups is 1. The molecule has 2 atom stereocenters. The number of nitrogens with zero attached hydrogens (tertiary/aromatic N) is 2. The van der Waals surface area contributed by atoms with Gasteiger partial charge in [-0.3, -0.25) is 4.79 Å². The first-order valence-electron chi connectivity index (χ1n) is 10.1. The van der Waals surface area contributed by atoms with Crippen LogP contribution in [0.25, 0.3) is 0 Å². The molecule has 0 aromatic heterocycles. The Morgan fingerprint density at radius 1 is 1.18 bits per heavy atom. The first-order valence-corrected chi connectivity index (χ1v) is 11.9. The predicted octanol–water partition coefficient (Wildman–Crippen LogP) is 4.13. The van der Waals surface area contributed by atoms with E-state index in [0.717, 1.165) is 38.5 Å². The highest BCUT2D eigenvalue weighted by Crippen LogP contribution is 2.38. The third-order valence-corrected chi connectivity index (χ3v) is 7.76. The Bertz CT molecular complexity index is 929. The van der Waals surface area contributed by atoms with Crippen molar-refractivity contribution in [2.24, 2.45) is 10.3 Å². The van der Waals surface area contributed by atoms with Crippen molar-refractivity contribution in [3.63, 3.8) is 0 Å². The van der Waals surface area contributed by atoms with Crippen molar-refractivity contribution in [1.82, 2.24) is 5.32 Å². The van der Waals surface area contributed by atoms with E-state index in [2.05, 4.69) is 16.6 Å². The van der Waals surface area contributed by atoms with E-state index in [1.807, 2.05) is 4.90 Å². The molecule has 2 fully saturated rings. The molecule has 1 N–H and O–H groups in total. The van der Waals surface area contributed by atoms with Gasteiger partial charge in [0.05, 0.1) is 16.3 Å². The molecule has 6 nitrogen and oxygen atoms in total. The molecule has 1 aliphatic carbocycles. The molecule has 0 bridgehead atoms. The lowest BCUT2D eigenvalue weighted by Crippen LogP contribution is -2.41. The zero-order chi connectivity index (χ0) is 19.9. The quantitative estimate of drug-likeness (QED) is 0.775. The van der Waals surface area contributed by atoms with Gasteiger partial charge in [-0.05, 0) is 43.7 Å². The molecule has 3 aliphatic rings. The number of amides is 1. The average Bonchev–Trinajstić information content (AvgIpc) is 2.88. The molecule has 0 spiro atoms. The minimum atomic E-state index is -3.84. The van der Waals surface area contributed by atoms with Crippen LogP contribution in [0, 0.1) is 5.92 Å². The number of anilines is 1. The summed E-state index contributed by atoms with van der Waals surface area (Å²) in [5, 5.41) is 3.34. The van der Waals surface area contributed by atoms with Crippen molar-refractivity contribution in [2.75, 3.05) is 11.4 Å². The highest BCUT2D eigenvalue weighted by atomic mass is 35.5. The smallest absolute Gasteiger partial charge is 0.286 e. The minimum absolute atomic E-state index is 0.0735. The Kier molecular flexibility index (Phi) is 5.40. The van der Waals surface area contributed by atoms with Gasteiger partial charge in [-0.15, -0.1) is 4.40 Å². The molecule has 1 amide bonds. The van der Waals surface area contributed by atoms with E-state index in [0.29, 0.717) is 30.4 Å². The Hall–Kier alpha value is -1.60. The number of rotatable bonds is 2. The fraction of sp³-hybridized carbons (Fsp3) is 0.600. The fourth-order valence-electron chi connectivity index (χ4n) is 4.45. The van der Waals surface area contributed by atoms with Crippen LogP contribution >= 0.6 is 11.6 Å². The fourth-order valence-corrected chi connectivity index (χ4v) is 5.96. The number of carbonyl (C=O) groups excluding carboxylic acids is 1. The Balaban J connectivity index is 1.69. The van der Waals surface area contributed by atoms with Crippen molar-refractivity contribution in [2.45, 2.75) is 69.2 Å². The molecule has 1 aromatic carbocycles. The zero-order valence-corrected chi connectivity index (χ0v) is 17.7. The maximum absolute atomic E-state index is 12.9. The number of fused-ring (bicyclic) bond motifs is 3. The summed E-state index contributed by atoms with van der Waals surface area (Å²) in [6.45, 7) is 2.85. The summed E-state index contributed by atoms with van der Waals surface area (Å²) in [5.74, 6) is 0.670. The van der Waals surface area contributed by atoms with Crippen molar-refractivity contribution in [3.8, 4) is 0 Å². The molecule has 1 saturated carbocycles. The molecule has 2 aliphatic heterocycles. The van der Waals surface area contributed by atoms with Crippen LogP contribution in [0.3, 0.4) is 0 Å². The van der Waals surface area contributed by atoms with Gasteiger partial charge in [0.15, 0.2) is 0 Å². The lowest BCUT2D eigenvalue weighted by atomic mass is 9.86. The predicted molar refractivity (Wildman–Crippen MR) is 111 cm³/mol. The van der Waals surface area contributed by atoms with Crippen molar-refractivity contribution >= 4 is 39.1 Å². The maximum Gasteiger partial charge on any atom is 0.286 e. The second-order valence-electron chi connectivity index (χ2n) is 8.09. The first-order chi connectivity index (χ1) is 13.4. The van der Waals surface area contributed by atoms with E-state index < -0.39 is 10.0 Å². The van der Waals surface area contributed by atoms with Crippen LogP contribution in [-0.2, 0) is 10.0 Å². The molecule has 1 aromatic rings. The van der Waals surface area contributed by atoms with Crippen LogP contribution in [0.4, 0.5) is 5.69 Å². The molecule has 4 rings (SSSR count). The Morgan fingerprint density at radius 2 is 1.96 bits per heavy atom. The summed E-state index contributed by atoms with van der Waals surface area (Å²) in [4.78, 5) is 14.9. The van der Waals surface area contributed by atoms with E-state index in [9.17, 15) is 13.2 Å². The monoisotopic (exact) mass is 423 g/mol. The summed E-state index contributed by atoms with van der Waals surface area (Å²) >= 11 is 6.45. The highest BCUT2D eigenvalue weighted by molar-refractivity contribution is 7.90. The van der Waals surface area contributed by atoms with Gasteiger partial charge in [-0.25, -0.2) is 0 Å². The van der Waals surface area contributed by atoms with Gasteiger partial charge in [0.1, 0.15) is 10.7 Å². The van der Waals surface area contributed by atoms with Crippen LogP contribution in [-0.4, -0.2) is 32.7 Å². The third-order valence-electron chi connectivity index (χ3n) is 6.11. The van der Waals surface area contributed by atoms with Crippen molar-refractivity contribution in [1.29, 1.82) is 0 Å². The molecular formula is C20H26ClN3O3S. The Morgan fingerprint density at radius 3 is 2.75 bits per heavy atom. The number of nitrogens with one attached hydrogen (secondary N) is 1. The third kappa shape index (κ3) is 3.66. The molecule has 0 radical (unpaired) electrons. The number of halogens is 1. The van der Waals surface area contributed by atoms with E-state index >= 15 is 0 Å². The molecule has 2 heterocycles. The summed E-state index contributed by atoms with van der Waals surface area (Å²) in [6.07, 6.45) is 7.87. The van der Waals surface area contributed by atoms with Gasteiger partial charge in [-0.1, -0.05) is 37.8 Å². The van der Waals surface area contributed by atoms with Crippen LogP contribution in [0.5, 0.6) is 0 Å². The summed E-state index contributed by atoms with van der Waals surface area (Å²) < 4.78 is 29.6. The standard InChI is InChI=1S/C20H26ClN3O3S/c1-13-7-4-5-8-16(13)22-20(25)14-11-18-17(12-15(14)21)24-10-6-2-3-9-19(24)23-28(18,26)27/h11-13,16H,2-10H2,1H3,(H,22,25)/t13-,16+/m1/s1. The van der Waals surface area contributed by atoms with E-state index in [-0.39, 0.29) is 27.4 Å². The average molecular weight is 424 g/mol. The number of sulfonamides is 1. The van der Waals surface area contributed by atoms with Gasteiger partial charge < -0.3 is 10.2 Å². The topological polar surface area (TPSA) is 78.8 Å². The second kappa shape index (κ2) is 7.67. The summed E-state index contributed by atoms with van der Waals surface area (Å²) in [6, 6.07) is 3.12. The number of amidine groups is 1. The molecular weight excluding hydrogens is 398 g/mol. The van der Waals surface area contributed by atoms with Crippen molar-refractivity contribution < 1.29 is 13.2 Å². The van der Waals surface area contributed by atoms with Crippen LogP contribution < -0.4 is 10.2 Å². The lowest BCUT2D eigenvalue weighted by Gasteiger charge is -2.31. The number of benzene rings is 1. The van der Waals surface area contributed by atoms with E-state index in [1.54, 1.807) is 6.07 Å². The highest BCUT2D eigenvalue weighted by Gasteiger charge is 2.34. The van der Waals surface area contributed by atoms with Gasteiger partial charge >= 0.3 is 0 Å². The molecule has 1 saturated heterocycles. The first kappa shape index (κ1) is 19.7. The SMILES string of the molecule is C[C@@H]1CCCC[C@@H]1NC(=O)c1cc2c(cc1Cl)N1CCCCCC1=NS2(=O)=O. The van der Waals surface area contributed by atoms with Crippen LogP contribution in [0.15, 0.2) is 21.4 Å². The molecule has 28 heavy (non-hydrogen) atoms. The normalized spacial score (nSPS) is 26.5. The van der Waals surface area contributed by atoms with Gasteiger partial charge in [0, 0.05) is 19.0 Å². The molecule has 8 heteroatoms. The summed E-state index contributed by atoms with van der Waals surface area (Å²) in [5.41, 5.74) is 0.745. The van der Waals surface area contributed by atoms with E-state index in [4.69, 9.17) is 11.6 Å².